The third kappa shape index (κ3) is 6.77. The zero-order valence-electron chi connectivity index (χ0n) is 22.9. The third-order valence-electron chi connectivity index (χ3n) is 8.25. The summed E-state index contributed by atoms with van der Waals surface area (Å²) in [5.41, 5.74) is 0.131. The standard InChI is InChI=1S/C28H40O8S2/c1-21(14-18-38(31,32)22-9-7-6-8-10-22)11-12-23-24(28(4)33-16-17-34-28)13-15-26(23,2)19-25-27(3,36-25)20-35-37(5,29)30/h6-10,13-15,23-25H,11-12,16-20H2,1-5H3/b21-14+/t23-,24+,25-,26+,27-/m1/s1. The van der Waals surface area contributed by atoms with E-state index in [1.807, 2.05) is 26.8 Å². The number of sulfone groups is 1. The lowest BCUT2D eigenvalue weighted by Crippen LogP contribution is -2.42. The molecular formula is C28H40O8S2. The van der Waals surface area contributed by atoms with Gasteiger partial charge in [0.05, 0.1) is 42.8 Å². The van der Waals surface area contributed by atoms with Crippen molar-refractivity contribution in [2.24, 2.45) is 17.3 Å². The van der Waals surface area contributed by atoms with Crippen LogP contribution in [0.25, 0.3) is 0 Å². The van der Waals surface area contributed by atoms with E-state index >= 15 is 0 Å². The molecule has 0 amide bonds. The van der Waals surface area contributed by atoms with Crippen molar-refractivity contribution in [1.29, 1.82) is 0 Å². The highest BCUT2D eigenvalue weighted by Crippen LogP contribution is 2.56. The van der Waals surface area contributed by atoms with Gasteiger partial charge in [0.1, 0.15) is 5.60 Å². The minimum absolute atomic E-state index is 0.00788. The van der Waals surface area contributed by atoms with Crippen molar-refractivity contribution in [3.05, 3.63) is 54.1 Å². The van der Waals surface area contributed by atoms with Crippen LogP contribution in [-0.2, 0) is 38.3 Å². The van der Waals surface area contributed by atoms with E-state index in [2.05, 4.69) is 19.1 Å². The lowest BCUT2D eigenvalue weighted by atomic mass is 9.68. The number of benzene rings is 1. The molecule has 38 heavy (non-hydrogen) atoms. The van der Waals surface area contributed by atoms with Gasteiger partial charge in [0, 0.05) is 5.92 Å². The van der Waals surface area contributed by atoms with E-state index in [1.54, 1.807) is 30.3 Å². The fourth-order valence-corrected chi connectivity index (χ4v) is 7.46. The Labute approximate surface area is 227 Å². The van der Waals surface area contributed by atoms with Crippen LogP contribution in [-0.4, -0.2) is 66.2 Å². The zero-order chi connectivity index (χ0) is 27.8. The largest absolute Gasteiger partial charge is 0.364 e. The van der Waals surface area contributed by atoms with Gasteiger partial charge in [-0.25, -0.2) is 8.42 Å². The first kappa shape index (κ1) is 29.4. The van der Waals surface area contributed by atoms with E-state index in [0.29, 0.717) is 24.5 Å². The van der Waals surface area contributed by atoms with Crippen molar-refractivity contribution >= 4 is 20.0 Å². The van der Waals surface area contributed by atoms with Gasteiger partial charge in [0.25, 0.3) is 10.1 Å². The van der Waals surface area contributed by atoms with Gasteiger partial charge in [0.15, 0.2) is 15.6 Å². The first-order valence-corrected chi connectivity index (χ1v) is 16.6. The number of ether oxygens (including phenoxy) is 3. The van der Waals surface area contributed by atoms with Gasteiger partial charge >= 0.3 is 0 Å². The number of hydrogen-bond donors (Lipinski definition) is 0. The summed E-state index contributed by atoms with van der Waals surface area (Å²) in [4.78, 5) is 0.326. The quantitative estimate of drug-likeness (QED) is 0.209. The SMILES string of the molecule is C/C(=C\CS(=O)(=O)c1ccccc1)CC[C@@H]1[C@@H](C2(C)OCCO2)C=C[C@@]1(C)C[C@H]1O[C@]1(C)COS(C)(=O)=O. The van der Waals surface area contributed by atoms with E-state index in [1.165, 1.54) is 0 Å². The Morgan fingerprint density at radius 2 is 1.74 bits per heavy atom. The first-order valence-electron chi connectivity index (χ1n) is 13.1. The molecule has 1 aromatic carbocycles. The van der Waals surface area contributed by atoms with Gasteiger partial charge in [-0.2, -0.15) is 8.42 Å². The summed E-state index contributed by atoms with van der Waals surface area (Å²) in [5.74, 6) is -0.581. The molecule has 3 aliphatic rings. The highest BCUT2D eigenvalue weighted by atomic mass is 32.2. The van der Waals surface area contributed by atoms with Gasteiger partial charge in [-0.05, 0) is 63.5 Å². The molecule has 0 radical (unpaired) electrons. The van der Waals surface area contributed by atoms with Crippen molar-refractivity contribution in [1.82, 2.24) is 0 Å². The molecule has 0 unspecified atom stereocenters. The van der Waals surface area contributed by atoms with Crippen LogP contribution >= 0.6 is 0 Å². The number of rotatable bonds is 12. The molecule has 8 nitrogen and oxygen atoms in total. The van der Waals surface area contributed by atoms with Crippen LogP contribution in [0.5, 0.6) is 0 Å². The maximum atomic E-state index is 12.7. The van der Waals surface area contributed by atoms with Gasteiger partial charge in [-0.3, -0.25) is 4.18 Å². The Bertz CT molecular complexity index is 1260. The third-order valence-corrected chi connectivity index (χ3v) is 10.4. The van der Waals surface area contributed by atoms with E-state index < -0.39 is 31.3 Å². The van der Waals surface area contributed by atoms with Crippen LogP contribution in [0, 0.1) is 17.3 Å². The molecule has 2 saturated heterocycles. The molecule has 4 rings (SSSR count). The fourth-order valence-electron chi connectivity index (χ4n) is 5.74. The maximum Gasteiger partial charge on any atom is 0.264 e. The molecular weight excluding hydrogens is 528 g/mol. The summed E-state index contributed by atoms with van der Waals surface area (Å²) >= 11 is 0. The summed E-state index contributed by atoms with van der Waals surface area (Å²) < 4.78 is 71.5. The van der Waals surface area contributed by atoms with Crippen molar-refractivity contribution in [3.63, 3.8) is 0 Å². The van der Waals surface area contributed by atoms with Gasteiger partial charge in [0.2, 0.25) is 0 Å². The molecule has 0 bridgehead atoms. The van der Waals surface area contributed by atoms with Crippen LogP contribution in [0.1, 0.15) is 47.0 Å². The molecule has 10 heteroatoms. The Morgan fingerprint density at radius 3 is 2.37 bits per heavy atom. The summed E-state index contributed by atoms with van der Waals surface area (Å²) in [6.07, 6.45) is 9.37. The van der Waals surface area contributed by atoms with Crippen molar-refractivity contribution in [2.45, 2.75) is 69.3 Å². The molecule has 2 fully saturated rings. The average molecular weight is 569 g/mol. The topological polar surface area (TPSA) is 108 Å². The molecule has 1 aliphatic carbocycles. The number of hydrogen-bond acceptors (Lipinski definition) is 8. The minimum atomic E-state index is -3.55. The predicted molar refractivity (Wildman–Crippen MR) is 145 cm³/mol. The van der Waals surface area contributed by atoms with Gasteiger partial charge < -0.3 is 14.2 Å². The van der Waals surface area contributed by atoms with Crippen molar-refractivity contribution < 1.29 is 35.2 Å². The zero-order valence-corrected chi connectivity index (χ0v) is 24.5. The molecule has 2 aliphatic heterocycles. The molecule has 0 saturated carbocycles. The summed E-state index contributed by atoms with van der Waals surface area (Å²) in [5, 5.41) is 0. The molecule has 0 aromatic heterocycles. The Kier molecular flexibility index (Phi) is 8.35. The molecule has 0 N–H and O–H groups in total. The van der Waals surface area contributed by atoms with E-state index in [9.17, 15) is 16.8 Å². The number of allylic oxidation sites excluding steroid dienone is 2. The Balaban J connectivity index is 1.45. The first-order chi connectivity index (χ1) is 17.7. The van der Waals surface area contributed by atoms with Gasteiger partial charge in [-0.15, -0.1) is 0 Å². The van der Waals surface area contributed by atoms with Crippen LogP contribution in [0.15, 0.2) is 59.0 Å². The lowest BCUT2D eigenvalue weighted by Gasteiger charge is -2.40. The summed E-state index contributed by atoms with van der Waals surface area (Å²) in [7, 11) is -6.94. The highest BCUT2D eigenvalue weighted by molar-refractivity contribution is 7.91. The number of epoxide rings is 1. The smallest absolute Gasteiger partial charge is 0.264 e. The van der Waals surface area contributed by atoms with E-state index in [4.69, 9.17) is 18.4 Å². The van der Waals surface area contributed by atoms with Crippen molar-refractivity contribution in [2.75, 3.05) is 31.8 Å². The van der Waals surface area contributed by atoms with Gasteiger partial charge in [-0.1, -0.05) is 48.9 Å². The molecule has 212 valence electrons. The second kappa shape index (κ2) is 10.8. The van der Waals surface area contributed by atoms with Crippen LogP contribution in [0.4, 0.5) is 0 Å². The van der Waals surface area contributed by atoms with Crippen LogP contribution in [0.3, 0.4) is 0 Å². The summed E-state index contributed by atoms with van der Waals surface area (Å²) in [6.45, 7) is 9.13. The lowest BCUT2D eigenvalue weighted by molar-refractivity contribution is -0.185. The van der Waals surface area contributed by atoms with Crippen LogP contribution < -0.4 is 0 Å². The molecule has 0 spiro atoms. The van der Waals surface area contributed by atoms with Crippen molar-refractivity contribution in [3.8, 4) is 0 Å². The van der Waals surface area contributed by atoms with E-state index in [0.717, 1.165) is 24.7 Å². The highest BCUT2D eigenvalue weighted by Gasteiger charge is 2.59. The average Bonchev–Trinajstić information content (AvgIpc) is 3.14. The second-order valence-electron chi connectivity index (χ2n) is 11.5. The minimum Gasteiger partial charge on any atom is -0.364 e. The monoisotopic (exact) mass is 568 g/mol. The normalized spacial score (nSPS) is 33.1. The predicted octanol–water partition coefficient (Wildman–Crippen LogP) is 4.28. The Morgan fingerprint density at radius 1 is 1.08 bits per heavy atom. The summed E-state index contributed by atoms with van der Waals surface area (Å²) in [6, 6.07) is 8.50. The fraction of sp³-hybridized carbons (Fsp3) is 0.643. The van der Waals surface area contributed by atoms with Crippen LogP contribution in [0.2, 0.25) is 0 Å². The molecule has 5 atom stereocenters. The second-order valence-corrected chi connectivity index (χ2v) is 15.2. The molecule has 2 heterocycles. The van der Waals surface area contributed by atoms with E-state index in [-0.39, 0.29) is 35.7 Å². The maximum absolute atomic E-state index is 12.7. The molecule has 1 aromatic rings. The Hall–Kier alpha value is -1.56.